The monoisotopic (exact) mass is 340 g/mol. The number of H-pyrrole nitrogens is 1. The molecular formula is C17H20N6O2. The normalized spacial score (nSPS) is 22.7. The summed E-state index contributed by atoms with van der Waals surface area (Å²) in [5.41, 5.74) is 8.14. The molecule has 8 nitrogen and oxygen atoms in total. The van der Waals surface area contributed by atoms with Gasteiger partial charge in [-0.15, -0.1) is 0 Å². The maximum Gasteiger partial charge on any atom is 0.254 e. The summed E-state index contributed by atoms with van der Waals surface area (Å²) in [6.45, 7) is 2.94. The molecular weight excluding hydrogens is 320 g/mol. The lowest BCUT2D eigenvalue weighted by Crippen LogP contribution is -2.48. The SMILES string of the molecule is CC1CC(C(=O)N2CCc3c(nc(-c4ccncc4)[nH]c3=O)C2)NN1. The maximum atomic E-state index is 12.7. The van der Waals surface area contributed by atoms with Crippen molar-refractivity contribution in [2.24, 2.45) is 0 Å². The molecule has 0 radical (unpaired) electrons. The number of fused-ring (bicyclic) bond motifs is 1. The highest BCUT2D eigenvalue weighted by atomic mass is 16.2. The predicted octanol–water partition coefficient (Wildman–Crippen LogP) is -0.0284. The van der Waals surface area contributed by atoms with Crippen LogP contribution < -0.4 is 16.4 Å². The van der Waals surface area contributed by atoms with Crippen LogP contribution >= 0.6 is 0 Å². The molecule has 2 atom stereocenters. The van der Waals surface area contributed by atoms with Gasteiger partial charge in [0.15, 0.2) is 0 Å². The number of hydrogen-bond acceptors (Lipinski definition) is 6. The lowest BCUT2D eigenvalue weighted by Gasteiger charge is -2.29. The van der Waals surface area contributed by atoms with Crippen molar-refractivity contribution in [1.29, 1.82) is 0 Å². The Labute approximate surface area is 144 Å². The van der Waals surface area contributed by atoms with Crippen molar-refractivity contribution in [3.05, 3.63) is 46.1 Å². The van der Waals surface area contributed by atoms with E-state index in [1.54, 1.807) is 29.4 Å². The minimum Gasteiger partial charge on any atom is -0.335 e. The average molecular weight is 340 g/mol. The van der Waals surface area contributed by atoms with Crippen LogP contribution in [0.4, 0.5) is 0 Å². The van der Waals surface area contributed by atoms with Crippen LogP contribution in [-0.4, -0.2) is 44.4 Å². The Kier molecular flexibility index (Phi) is 4.06. The van der Waals surface area contributed by atoms with Gasteiger partial charge in [-0.05, 0) is 31.9 Å². The van der Waals surface area contributed by atoms with Crippen molar-refractivity contribution < 1.29 is 4.79 Å². The molecule has 130 valence electrons. The molecule has 3 N–H and O–H groups in total. The topological polar surface area (TPSA) is 103 Å². The van der Waals surface area contributed by atoms with Crippen LogP contribution in [0.15, 0.2) is 29.3 Å². The number of rotatable bonds is 2. The van der Waals surface area contributed by atoms with Crippen LogP contribution in [0.25, 0.3) is 11.4 Å². The smallest absolute Gasteiger partial charge is 0.254 e. The standard InChI is InChI=1S/C17H20N6O2/c1-10-8-13(22-21-10)17(25)23-7-4-12-14(9-23)19-15(20-16(12)24)11-2-5-18-6-3-11/h2-3,5-6,10,13,21-22H,4,7-9H2,1H3,(H,19,20,24). The summed E-state index contributed by atoms with van der Waals surface area (Å²) in [5.74, 6) is 0.560. The van der Waals surface area contributed by atoms with E-state index in [4.69, 9.17) is 0 Å². The molecule has 1 saturated heterocycles. The average Bonchev–Trinajstić information content (AvgIpc) is 3.07. The summed E-state index contributed by atoms with van der Waals surface area (Å²) in [4.78, 5) is 38.3. The first-order valence-corrected chi connectivity index (χ1v) is 8.44. The molecule has 0 saturated carbocycles. The maximum absolute atomic E-state index is 12.7. The van der Waals surface area contributed by atoms with Gasteiger partial charge in [-0.2, -0.15) is 0 Å². The van der Waals surface area contributed by atoms with E-state index >= 15 is 0 Å². The second-order valence-electron chi connectivity index (χ2n) is 6.56. The molecule has 2 aliphatic rings. The van der Waals surface area contributed by atoms with Gasteiger partial charge in [0.05, 0.1) is 12.2 Å². The Balaban J connectivity index is 1.61. The van der Waals surface area contributed by atoms with Crippen molar-refractivity contribution in [3.8, 4) is 11.4 Å². The molecule has 0 aliphatic carbocycles. The van der Waals surface area contributed by atoms with Gasteiger partial charge in [0.25, 0.3) is 5.56 Å². The van der Waals surface area contributed by atoms with E-state index in [0.29, 0.717) is 36.6 Å². The number of nitrogens with one attached hydrogen (secondary N) is 3. The molecule has 2 aliphatic heterocycles. The Hall–Kier alpha value is -2.58. The molecule has 4 heterocycles. The second-order valence-corrected chi connectivity index (χ2v) is 6.56. The highest BCUT2D eigenvalue weighted by Gasteiger charge is 2.32. The number of pyridine rings is 1. The third-order valence-corrected chi connectivity index (χ3v) is 4.73. The highest BCUT2D eigenvalue weighted by Crippen LogP contribution is 2.19. The lowest BCUT2D eigenvalue weighted by atomic mass is 10.0. The number of carbonyl (C=O) groups excluding carboxylic acids is 1. The Morgan fingerprint density at radius 2 is 2.08 bits per heavy atom. The highest BCUT2D eigenvalue weighted by molar-refractivity contribution is 5.82. The van der Waals surface area contributed by atoms with Gasteiger partial charge in [-0.1, -0.05) is 0 Å². The van der Waals surface area contributed by atoms with Crippen molar-refractivity contribution in [3.63, 3.8) is 0 Å². The van der Waals surface area contributed by atoms with Gasteiger partial charge >= 0.3 is 0 Å². The molecule has 8 heteroatoms. The zero-order valence-corrected chi connectivity index (χ0v) is 14.0. The van der Waals surface area contributed by atoms with Gasteiger partial charge in [-0.25, -0.2) is 10.4 Å². The molecule has 2 unspecified atom stereocenters. The molecule has 0 spiro atoms. The zero-order valence-electron chi connectivity index (χ0n) is 14.0. The minimum atomic E-state index is -0.224. The van der Waals surface area contributed by atoms with E-state index in [-0.39, 0.29) is 23.6 Å². The van der Waals surface area contributed by atoms with Crippen LogP contribution in [0, 0.1) is 0 Å². The van der Waals surface area contributed by atoms with Gasteiger partial charge < -0.3 is 9.88 Å². The summed E-state index contributed by atoms with van der Waals surface area (Å²) >= 11 is 0. The number of nitrogens with zero attached hydrogens (tertiary/aromatic N) is 3. The quantitative estimate of drug-likeness (QED) is 0.709. The van der Waals surface area contributed by atoms with E-state index < -0.39 is 0 Å². The summed E-state index contributed by atoms with van der Waals surface area (Å²) in [6.07, 6.45) is 4.60. The zero-order chi connectivity index (χ0) is 17.4. The van der Waals surface area contributed by atoms with Crippen molar-refractivity contribution in [2.75, 3.05) is 6.54 Å². The van der Waals surface area contributed by atoms with Crippen molar-refractivity contribution >= 4 is 5.91 Å². The fraction of sp³-hybridized carbons (Fsp3) is 0.412. The van der Waals surface area contributed by atoms with E-state index in [0.717, 1.165) is 12.0 Å². The largest absolute Gasteiger partial charge is 0.335 e. The molecule has 1 amide bonds. The summed E-state index contributed by atoms with van der Waals surface area (Å²) in [6, 6.07) is 3.64. The molecule has 25 heavy (non-hydrogen) atoms. The van der Waals surface area contributed by atoms with Gasteiger partial charge in [-0.3, -0.25) is 20.0 Å². The first kappa shape index (κ1) is 15.9. The summed E-state index contributed by atoms with van der Waals surface area (Å²) in [7, 11) is 0. The van der Waals surface area contributed by atoms with Crippen LogP contribution in [0.1, 0.15) is 24.6 Å². The summed E-state index contributed by atoms with van der Waals surface area (Å²) < 4.78 is 0. The fourth-order valence-corrected chi connectivity index (χ4v) is 3.37. The third kappa shape index (κ3) is 3.06. The lowest BCUT2D eigenvalue weighted by molar-refractivity contribution is -0.134. The molecule has 2 aromatic heterocycles. The number of amides is 1. The molecule has 4 rings (SSSR count). The second kappa shape index (κ2) is 6.38. The summed E-state index contributed by atoms with van der Waals surface area (Å²) in [5, 5.41) is 0. The van der Waals surface area contributed by atoms with Gasteiger partial charge in [0.1, 0.15) is 11.9 Å². The number of carbonyl (C=O) groups is 1. The fourth-order valence-electron chi connectivity index (χ4n) is 3.37. The number of hydrazine groups is 1. The third-order valence-electron chi connectivity index (χ3n) is 4.73. The van der Waals surface area contributed by atoms with Gasteiger partial charge in [0.2, 0.25) is 5.91 Å². The van der Waals surface area contributed by atoms with Crippen LogP contribution in [0.3, 0.4) is 0 Å². The van der Waals surface area contributed by atoms with E-state index in [1.807, 2.05) is 6.92 Å². The van der Waals surface area contributed by atoms with E-state index in [9.17, 15) is 9.59 Å². The molecule has 2 aromatic rings. The predicted molar refractivity (Wildman–Crippen MR) is 91.3 cm³/mol. The Morgan fingerprint density at radius 1 is 1.28 bits per heavy atom. The molecule has 1 fully saturated rings. The van der Waals surface area contributed by atoms with E-state index in [1.165, 1.54) is 0 Å². The van der Waals surface area contributed by atoms with Crippen LogP contribution in [0.5, 0.6) is 0 Å². The van der Waals surface area contributed by atoms with Crippen molar-refractivity contribution in [2.45, 2.75) is 38.4 Å². The molecule has 0 aromatic carbocycles. The van der Waals surface area contributed by atoms with Crippen molar-refractivity contribution in [1.82, 2.24) is 30.7 Å². The van der Waals surface area contributed by atoms with Gasteiger partial charge in [0, 0.05) is 36.1 Å². The minimum absolute atomic E-state index is 0.0510. The number of aromatic amines is 1. The number of hydrogen-bond donors (Lipinski definition) is 3. The van der Waals surface area contributed by atoms with E-state index in [2.05, 4.69) is 25.8 Å². The first-order chi connectivity index (χ1) is 12.1. The Morgan fingerprint density at radius 3 is 2.80 bits per heavy atom. The van der Waals surface area contributed by atoms with Crippen LogP contribution in [0.2, 0.25) is 0 Å². The van der Waals surface area contributed by atoms with Crippen LogP contribution in [-0.2, 0) is 17.8 Å². The Bertz CT molecular complexity index is 850. The number of aromatic nitrogens is 3. The first-order valence-electron chi connectivity index (χ1n) is 8.44. The molecule has 0 bridgehead atoms.